The van der Waals surface area contributed by atoms with Crippen LogP contribution in [0.3, 0.4) is 0 Å². The first-order valence-electron chi connectivity index (χ1n) is 7.66. The van der Waals surface area contributed by atoms with Crippen LogP contribution in [0, 0.1) is 5.82 Å². The Kier molecular flexibility index (Phi) is 5.37. The molecule has 0 unspecified atom stereocenters. The van der Waals surface area contributed by atoms with Gasteiger partial charge in [-0.15, -0.1) is 0 Å². The second kappa shape index (κ2) is 6.30. The van der Waals surface area contributed by atoms with E-state index in [-0.39, 0.29) is 16.8 Å². The van der Waals surface area contributed by atoms with Crippen molar-refractivity contribution in [3.63, 3.8) is 0 Å². The molecule has 0 fully saturated rings. The third kappa shape index (κ3) is 3.36. The number of hydrogen-bond acceptors (Lipinski definition) is 1. The molecule has 1 amide bonds. The van der Waals surface area contributed by atoms with Crippen molar-refractivity contribution in [1.29, 1.82) is 0 Å². The summed E-state index contributed by atoms with van der Waals surface area (Å²) < 4.78 is 14.6. The summed E-state index contributed by atoms with van der Waals surface area (Å²) in [5.41, 5.74) is 0.547. The topological polar surface area (TPSA) is 20.3 Å². The summed E-state index contributed by atoms with van der Waals surface area (Å²) in [5, 5.41) is 0.641. The lowest BCUT2D eigenvalue weighted by atomic mass is 10.2. The molecule has 21 heavy (non-hydrogen) atoms. The number of nitrogens with zero attached hydrogens (tertiary/aromatic N) is 1. The van der Waals surface area contributed by atoms with E-state index in [2.05, 4.69) is 33.9 Å². The Morgan fingerprint density at radius 1 is 1.19 bits per heavy atom. The number of hydrogen-bond donors (Lipinski definition) is 0. The van der Waals surface area contributed by atoms with Crippen LogP contribution in [-0.4, -0.2) is 32.0 Å². The van der Waals surface area contributed by atoms with E-state index in [1.165, 1.54) is 6.07 Å². The van der Waals surface area contributed by atoms with Crippen molar-refractivity contribution < 1.29 is 9.18 Å². The first-order chi connectivity index (χ1) is 9.57. The van der Waals surface area contributed by atoms with E-state index in [1.54, 1.807) is 17.0 Å². The van der Waals surface area contributed by atoms with Gasteiger partial charge in [-0.25, -0.2) is 4.39 Å². The number of amides is 1. The molecule has 4 heteroatoms. The van der Waals surface area contributed by atoms with Crippen LogP contribution in [-0.2, 0) is 0 Å². The summed E-state index contributed by atoms with van der Waals surface area (Å²) in [5.74, 6) is -0.293. The number of benzene rings is 1. The second-order valence-electron chi connectivity index (χ2n) is 7.01. The SMILES string of the molecule is CCN(CC)C(=O)c1cccc(F)c1[Si](C)(C)C(C)(C)C. The van der Waals surface area contributed by atoms with E-state index in [0.717, 1.165) is 0 Å². The van der Waals surface area contributed by atoms with Gasteiger partial charge in [-0.05, 0) is 36.2 Å². The molecular formula is C17H28FNOSi. The lowest BCUT2D eigenvalue weighted by molar-refractivity contribution is 0.0774. The average Bonchev–Trinajstić information content (AvgIpc) is 2.38. The normalized spacial score (nSPS) is 12.4. The Balaban J connectivity index is 3.51. The van der Waals surface area contributed by atoms with Crippen LogP contribution in [0.5, 0.6) is 0 Å². The average molecular weight is 310 g/mol. The highest BCUT2D eigenvalue weighted by atomic mass is 28.3. The molecule has 1 aromatic rings. The maximum Gasteiger partial charge on any atom is 0.253 e. The van der Waals surface area contributed by atoms with Crippen LogP contribution in [0.15, 0.2) is 18.2 Å². The van der Waals surface area contributed by atoms with Crippen molar-refractivity contribution >= 4 is 19.2 Å². The Hall–Kier alpha value is -1.16. The highest BCUT2D eigenvalue weighted by Crippen LogP contribution is 2.36. The fourth-order valence-corrected chi connectivity index (χ4v) is 4.69. The van der Waals surface area contributed by atoms with Gasteiger partial charge in [0.05, 0.1) is 8.07 Å². The third-order valence-electron chi connectivity index (χ3n) is 4.79. The minimum atomic E-state index is -2.13. The molecule has 0 saturated carbocycles. The van der Waals surface area contributed by atoms with Crippen molar-refractivity contribution in [2.45, 2.75) is 52.8 Å². The highest BCUT2D eigenvalue weighted by Gasteiger charge is 2.41. The summed E-state index contributed by atoms with van der Waals surface area (Å²) in [6, 6.07) is 4.90. The van der Waals surface area contributed by atoms with Crippen LogP contribution in [0.2, 0.25) is 18.1 Å². The summed E-state index contributed by atoms with van der Waals surface area (Å²) in [7, 11) is -2.13. The summed E-state index contributed by atoms with van der Waals surface area (Å²) in [6.45, 7) is 15.9. The summed E-state index contributed by atoms with van der Waals surface area (Å²) in [4.78, 5) is 14.5. The van der Waals surface area contributed by atoms with E-state index in [1.807, 2.05) is 13.8 Å². The number of carbonyl (C=O) groups is 1. The van der Waals surface area contributed by atoms with Gasteiger partial charge in [0, 0.05) is 18.7 Å². The van der Waals surface area contributed by atoms with Crippen LogP contribution in [0.4, 0.5) is 4.39 Å². The molecule has 2 nitrogen and oxygen atoms in total. The molecule has 0 aliphatic heterocycles. The van der Waals surface area contributed by atoms with Crippen molar-refractivity contribution in [3.05, 3.63) is 29.6 Å². The molecule has 1 rings (SSSR count). The maximum atomic E-state index is 14.6. The number of rotatable bonds is 4. The van der Waals surface area contributed by atoms with E-state index in [0.29, 0.717) is 23.8 Å². The standard InChI is InChI=1S/C17H28FNOSi/c1-8-19(9-2)16(20)13-11-10-12-14(18)15(13)21(6,7)17(3,4)5/h10-12H,8-9H2,1-7H3. The van der Waals surface area contributed by atoms with E-state index in [9.17, 15) is 9.18 Å². The molecule has 1 aromatic carbocycles. The van der Waals surface area contributed by atoms with Crippen LogP contribution in [0.25, 0.3) is 0 Å². The molecule has 0 spiro atoms. The van der Waals surface area contributed by atoms with Gasteiger partial charge in [0.25, 0.3) is 5.91 Å². The fourth-order valence-electron chi connectivity index (χ4n) is 2.39. The highest BCUT2D eigenvalue weighted by molar-refractivity contribution is 6.92. The van der Waals surface area contributed by atoms with Gasteiger partial charge in [-0.2, -0.15) is 0 Å². The van der Waals surface area contributed by atoms with Crippen molar-refractivity contribution in [1.82, 2.24) is 4.90 Å². The van der Waals surface area contributed by atoms with E-state index >= 15 is 0 Å². The lowest BCUT2D eigenvalue weighted by Gasteiger charge is -2.39. The second-order valence-corrected chi connectivity index (χ2v) is 12.3. The smallest absolute Gasteiger partial charge is 0.253 e. The fraction of sp³-hybridized carbons (Fsp3) is 0.588. The zero-order valence-corrected chi connectivity index (χ0v) is 15.4. The zero-order chi connectivity index (χ0) is 16.4. The number of carbonyl (C=O) groups excluding carboxylic acids is 1. The third-order valence-corrected chi connectivity index (χ3v) is 10.3. The molecule has 0 aromatic heterocycles. The van der Waals surface area contributed by atoms with Gasteiger partial charge in [0.2, 0.25) is 0 Å². The summed E-state index contributed by atoms with van der Waals surface area (Å²) in [6.07, 6.45) is 0. The Bertz CT molecular complexity index is 516. The van der Waals surface area contributed by atoms with Gasteiger partial charge in [-0.1, -0.05) is 39.9 Å². The molecule has 0 N–H and O–H groups in total. The molecule has 0 aliphatic carbocycles. The quantitative estimate of drug-likeness (QED) is 0.769. The molecule has 118 valence electrons. The monoisotopic (exact) mass is 309 g/mol. The van der Waals surface area contributed by atoms with Crippen LogP contribution < -0.4 is 5.19 Å². The Labute approximate surface area is 129 Å². The van der Waals surface area contributed by atoms with Gasteiger partial charge < -0.3 is 4.90 Å². The van der Waals surface area contributed by atoms with E-state index in [4.69, 9.17) is 0 Å². The summed E-state index contributed by atoms with van der Waals surface area (Å²) >= 11 is 0. The molecule has 0 bridgehead atoms. The molecule has 0 saturated heterocycles. The van der Waals surface area contributed by atoms with Gasteiger partial charge >= 0.3 is 0 Å². The van der Waals surface area contributed by atoms with Crippen LogP contribution in [0.1, 0.15) is 45.0 Å². The molecule has 0 atom stereocenters. The first-order valence-corrected chi connectivity index (χ1v) is 10.7. The van der Waals surface area contributed by atoms with E-state index < -0.39 is 8.07 Å². The maximum absolute atomic E-state index is 14.6. The van der Waals surface area contributed by atoms with Crippen molar-refractivity contribution in [2.24, 2.45) is 0 Å². The lowest BCUT2D eigenvalue weighted by Crippen LogP contribution is -2.54. The van der Waals surface area contributed by atoms with Crippen molar-refractivity contribution in [2.75, 3.05) is 13.1 Å². The van der Waals surface area contributed by atoms with Crippen LogP contribution >= 0.6 is 0 Å². The predicted molar refractivity (Wildman–Crippen MR) is 90.5 cm³/mol. The van der Waals surface area contributed by atoms with Gasteiger partial charge in [0.1, 0.15) is 5.82 Å². The Morgan fingerprint density at radius 2 is 1.71 bits per heavy atom. The number of halogens is 1. The first kappa shape index (κ1) is 17.9. The molecule has 0 heterocycles. The Morgan fingerprint density at radius 3 is 2.14 bits per heavy atom. The largest absolute Gasteiger partial charge is 0.339 e. The van der Waals surface area contributed by atoms with Gasteiger partial charge in [0.15, 0.2) is 0 Å². The molecule has 0 aliphatic rings. The van der Waals surface area contributed by atoms with Gasteiger partial charge in [-0.3, -0.25) is 4.79 Å². The molecular weight excluding hydrogens is 281 g/mol. The minimum absolute atomic E-state index is 0.0204. The zero-order valence-electron chi connectivity index (χ0n) is 14.4. The predicted octanol–water partition coefficient (Wildman–Crippen LogP) is 4.02. The molecule has 0 radical (unpaired) electrons. The van der Waals surface area contributed by atoms with Crippen molar-refractivity contribution in [3.8, 4) is 0 Å². The minimum Gasteiger partial charge on any atom is -0.339 e.